The lowest BCUT2D eigenvalue weighted by molar-refractivity contribution is -0.234. The van der Waals surface area contributed by atoms with Gasteiger partial charge in [0.1, 0.15) is 17.3 Å². The molecule has 2 atom stereocenters. The predicted octanol–water partition coefficient (Wildman–Crippen LogP) is 4.72. The van der Waals surface area contributed by atoms with Gasteiger partial charge in [-0.1, -0.05) is 6.92 Å². The average molecular weight is 379 g/mol. The van der Waals surface area contributed by atoms with Gasteiger partial charge in [-0.2, -0.15) is 4.98 Å². The van der Waals surface area contributed by atoms with Gasteiger partial charge in [0.15, 0.2) is 6.29 Å². The quantitative estimate of drug-likeness (QED) is 0.642. The zero-order chi connectivity index (χ0) is 18.7. The Morgan fingerprint density at radius 3 is 2.72 bits per heavy atom. The molecule has 5 nitrogen and oxygen atoms in total. The molecule has 2 rings (SSSR count). The molecule has 0 aliphatic carbocycles. The van der Waals surface area contributed by atoms with Gasteiger partial charge in [0, 0.05) is 19.2 Å². The normalized spacial score (nSPS) is 20.4. The highest BCUT2D eigenvalue weighted by Gasteiger charge is 2.38. The van der Waals surface area contributed by atoms with Crippen LogP contribution in [0.2, 0.25) is 5.28 Å². The maximum absolute atomic E-state index is 14.1. The Morgan fingerprint density at radius 1 is 1.40 bits per heavy atom. The minimum atomic E-state index is -3.10. The number of halogens is 3. The predicted molar refractivity (Wildman–Crippen MR) is 90.1 cm³/mol. The molecule has 1 unspecified atom stereocenters. The van der Waals surface area contributed by atoms with Crippen LogP contribution in [-0.4, -0.2) is 34.6 Å². The highest BCUT2D eigenvalue weighted by molar-refractivity contribution is 6.28. The third kappa shape index (κ3) is 5.21. The molecular formula is C17H25ClF2N2O3. The van der Waals surface area contributed by atoms with Gasteiger partial charge in [-0.25, -0.2) is 13.8 Å². The Balaban J connectivity index is 2.15. The van der Waals surface area contributed by atoms with Crippen LogP contribution in [0.5, 0.6) is 5.88 Å². The van der Waals surface area contributed by atoms with Gasteiger partial charge in [-0.15, -0.1) is 0 Å². The minimum absolute atomic E-state index is 0.146. The van der Waals surface area contributed by atoms with Gasteiger partial charge in [-0.3, -0.25) is 0 Å². The van der Waals surface area contributed by atoms with E-state index in [0.29, 0.717) is 6.61 Å². The lowest BCUT2D eigenvalue weighted by Crippen LogP contribution is -2.45. The minimum Gasteiger partial charge on any atom is -0.471 e. The Morgan fingerprint density at radius 2 is 2.12 bits per heavy atom. The summed E-state index contributed by atoms with van der Waals surface area (Å²) in [6, 6.07) is 0. The topological polar surface area (TPSA) is 53.5 Å². The SMILES string of the molecule is CCC(F)(F)c1cnc(Cl)nc1O[C@H](C)C(C)(C)OC1CCCCO1. The van der Waals surface area contributed by atoms with Crippen LogP contribution in [0.3, 0.4) is 0 Å². The van der Waals surface area contributed by atoms with Crippen LogP contribution in [-0.2, 0) is 15.4 Å². The maximum atomic E-state index is 14.1. The summed E-state index contributed by atoms with van der Waals surface area (Å²) >= 11 is 5.77. The summed E-state index contributed by atoms with van der Waals surface area (Å²) in [6.07, 6.45) is 2.59. The van der Waals surface area contributed by atoms with E-state index in [-0.39, 0.29) is 23.0 Å². The zero-order valence-corrected chi connectivity index (χ0v) is 15.8. The number of nitrogens with zero attached hydrogens (tertiary/aromatic N) is 2. The Labute approximate surface area is 152 Å². The van der Waals surface area contributed by atoms with Gasteiger partial charge < -0.3 is 14.2 Å². The number of ether oxygens (including phenoxy) is 3. The van der Waals surface area contributed by atoms with Crippen molar-refractivity contribution in [2.45, 2.75) is 77.3 Å². The summed E-state index contributed by atoms with van der Waals surface area (Å²) in [5.74, 6) is -3.32. The first-order chi connectivity index (χ1) is 11.7. The first kappa shape index (κ1) is 20.3. The van der Waals surface area contributed by atoms with Crippen LogP contribution in [0.1, 0.15) is 58.9 Å². The molecule has 1 aromatic rings. The fourth-order valence-electron chi connectivity index (χ4n) is 2.43. The van der Waals surface area contributed by atoms with Crippen LogP contribution in [0.25, 0.3) is 0 Å². The van der Waals surface area contributed by atoms with E-state index in [1.807, 2.05) is 13.8 Å². The molecule has 1 aliphatic heterocycles. The Hall–Kier alpha value is -1.05. The van der Waals surface area contributed by atoms with Crippen molar-refractivity contribution in [3.05, 3.63) is 17.0 Å². The standard InChI is InChI=1S/C17H25ClF2N2O3/c1-5-17(19,20)12-10-21-15(18)22-14(12)24-11(2)16(3,4)25-13-8-6-7-9-23-13/h10-11,13H,5-9H2,1-4H3/t11-,13?/m1/s1. The molecule has 8 heteroatoms. The van der Waals surface area contributed by atoms with Crippen molar-refractivity contribution in [1.82, 2.24) is 9.97 Å². The maximum Gasteiger partial charge on any atom is 0.279 e. The lowest BCUT2D eigenvalue weighted by atomic mass is 10.0. The molecule has 0 aromatic carbocycles. The van der Waals surface area contributed by atoms with E-state index in [2.05, 4.69) is 9.97 Å². The third-order valence-corrected chi connectivity index (χ3v) is 4.59. The van der Waals surface area contributed by atoms with E-state index in [1.54, 1.807) is 6.92 Å². The van der Waals surface area contributed by atoms with E-state index in [0.717, 1.165) is 25.5 Å². The number of hydrogen-bond acceptors (Lipinski definition) is 5. The second kappa shape index (κ2) is 8.10. The zero-order valence-electron chi connectivity index (χ0n) is 15.0. The van der Waals surface area contributed by atoms with E-state index in [9.17, 15) is 8.78 Å². The van der Waals surface area contributed by atoms with E-state index in [1.165, 1.54) is 6.92 Å². The van der Waals surface area contributed by atoms with Crippen molar-refractivity contribution in [2.75, 3.05) is 6.61 Å². The van der Waals surface area contributed by atoms with Crippen molar-refractivity contribution in [3.8, 4) is 5.88 Å². The van der Waals surface area contributed by atoms with Crippen molar-refractivity contribution >= 4 is 11.6 Å². The van der Waals surface area contributed by atoms with Crippen LogP contribution in [0.4, 0.5) is 8.78 Å². The van der Waals surface area contributed by atoms with Crippen LogP contribution in [0, 0.1) is 0 Å². The highest BCUT2D eigenvalue weighted by Crippen LogP contribution is 2.37. The molecule has 0 radical (unpaired) electrons. The Kier molecular flexibility index (Phi) is 6.56. The van der Waals surface area contributed by atoms with Crippen molar-refractivity contribution in [3.63, 3.8) is 0 Å². The molecule has 0 bridgehead atoms. The Bertz CT molecular complexity index is 581. The summed E-state index contributed by atoms with van der Waals surface area (Å²) in [5.41, 5.74) is -1.14. The number of aromatic nitrogens is 2. The monoisotopic (exact) mass is 378 g/mol. The van der Waals surface area contributed by atoms with Gasteiger partial charge in [0.25, 0.3) is 5.92 Å². The van der Waals surface area contributed by atoms with Gasteiger partial charge in [0.2, 0.25) is 11.2 Å². The van der Waals surface area contributed by atoms with E-state index >= 15 is 0 Å². The van der Waals surface area contributed by atoms with Gasteiger partial charge >= 0.3 is 0 Å². The molecule has 0 spiro atoms. The third-order valence-electron chi connectivity index (χ3n) is 4.40. The number of rotatable bonds is 7. The van der Waals surface area contributed by atoms with Crippen LogP contribution < -0.4 is 4.74 Å². The van der Waals surface area contributed by atoms with Crippen LogP contribution in [0.15, 0.2) is 6.20 Å². The second-order valence-electron chi connectivity index (χ2n) is 6.69. The van der Waals surface area contributed by atoms with Gasteiger partial charge in [-0.05, 0) is 51.6 Å². The summed E-state index contributed by atoms with van der Waals surface area (Å²) in [7, 11) is 0. The molecule has 0 saturated carbocycles. The highest BCUT2D eigenvalue weighted by atomic mass is 35.5. The largest absolute Gasteiger partial charge is 0.471 e. The molecule has 0 N–H and O–H groups in total. The van der Waals surface area contributed by atoms with Crippen LogP contribution >= 0.6 is 11.6 Å². The number of alkyl halides is 2. The average Bonchev–Trinajstić information content (AvgIpc) is 2.55. The molecule has 1 saturated heterocycles. The second-order valence-corrected chi connectivity index (χ2v) is 7.03. The summed E-state index contributed by atoms with van der Waals surface area (Å²) in [6.45, 7) is 7.44. The molecule has 2 heterocycles. The first-order valence-corrected chi connectivity index (χ1v) is 8.90. The molecule has 142 valence electrons. The molecular weight excluding hydrogens is 354 g/mol. The first-order valence-electron chi connectivity index (χ1n) is 8.52. The fraction of sp³-hybridized carbons (Fsp3) is 0.765. The fourth-order valence-corrected chi connectivity index (χ4v) is 2.55. The van der Waals surface area contributed by atoms with E-state index < -0.39 is 24.0 Å². The summed E-state index contributed by atoms with van der Waals surface area (Å²) in [4.78, 5) is 7.51. The summed E-state index contributed by atoms with van der Waals surface area (Å²) < 4.78 is 45.6. The molecule has 1 aliphatic rings. The van der Waals surface area contributed by atoms with Gasteiger partial charge in [0.05, 0.1) is 0 Å². The molecule has 1 aromatic heterocycles. The molecule has 0 amide bonds. The van der Waals surface area contributed by atoms with E-state index in [4.69, 9.17) is 25.8 Å². The lowest BCUT2D eigenvalue weighted by Gasteiger charge is -2.36. The smallest absolute Gasteiger partial charge is 0.279 e. The van der Waals surface area contributed by atoms with Crippen molar-refractivity contribution < 1.29 is 23.0 Å². The summed E-state index contributed by atoms with van der Waals surface area (Å²) in [5, 5.41) is -0.146. The van der Waals surface area contributed by atoms with Crippen molar-refractivity contribution in [1.29, 1.82) is 0 Å². The molecule has 1 fully saturated rings. The number of hydrogen-bond donors (Lipinski definition) is 0. The molecule has 25 heavy (non-hydrogen) atoms. The van der Waals surface area contributed by atoms with Crippen molar-refractivity contribution in [2.24, 2.45) is 0 Å².